The quantitative estimate of drug-likeness (QED) is 0.527. The molecule has 0 spiro atoms. The van der Waals surface area contributed by atoms with Gasteiger partial charge in [-0.15, -0.1) is 0 Å². The molecular formula is C18H21NO8. The monoisotopic (exact) mass is 379 g/mol. The molecule has 146 valence electrons. The standard InChI is InChI=1S/C18H21NO8/c1-10(20)25-15-16(26-11(2)21)18(27-12(3)22)19(17(15)23)9-13-5-7-14(24-4)8-6-13/h5-8,15-16,18H,9H2,1-4H3/t15-,16-,18?/m1/s1. The van der Waals surface area contributed by atoms with E-state index in [9.17, 15) is 19.2 Å². The lowest BCUT2D eigenvalue weighted by Gasteiger charge is -2.26. The Labute approximate surface area is 156 Å². The van der Waals surface area contributed by atoms with E-state index < -0.39 is 42.3 Å². The fraction of sp³-hybridized carbons (Fsp3) is 0.444. The number of carbonyl (C=O) groups is 4. The smallest absolute Gasteiger partial charge is 0.304 e. The number of likely N-dealkylation sites (tertiary alicyclic amines) is 1. The van der Waals surface area contributed by atoms with Crippen LogP contribution in [-0.4, -0.2) is 54.3 Å². The van der Waals surface area contributed by atoms with Crippen molar-refractivity contribution >= 4 is 23.8 Å². The highest BCUT2D eigenvalue weighted by molar-refractivity contribution is 5.87. The van der Waals surface area contributed by atoms with Crippen molar-refractivity contribution in [1.82, 2.24) is 4.90 Å². The Morgan fingerprint density at radius 1 is 0.926 bits per heavy atom. The minimum Gasteiger partial charge on any atom is -0.497 e. The molecule has 1 amide bonds. The van der Waals surface area contributed by atoms with E-state index in [0.717, 1.165) is 13.8 Å². The van der Waals surface area contributed by atoms with Gasteiger partial charge in [0.1, 0.15) is 5.75 Å². The zero-order valence-electron chi connectivity index (χ0n) is 15.5. The largest absolute Gasteiger partial charge is 0.497 e. The maximum Gasteiger partial charge on any atom is 0.304 e. The van der Waals surface area contributed by atoms with E-state index in [0.29, 0.717) is 11.3 Å². The molecule has 1 aromatic rings. The topological polar surface area (TPSA) is 108 Å². The molecule has 9 heteroatoms. The second-order valence-corrected chi connectivity index (χ2v) is 5.92. The molecule has 0 aliphatic carbocycles. The van der Waals surface area contributed by atoms with Crippen LogP contribution in [0.1, 0.15) is 26.3 Å². The summed E-state index contributed by atoms with van der Waals surface area (Å²) < 4.78 is 20.5. The zero-order chi connectivity index (χ0) is 20.1. The zero-order valence-corrected chi connectivity index (χ0v) is 15.5. The fourth-order valence-corrected chi connectivity index (χ4v) is 2.76. The van der Waals surface area contributed by atoms with Gasteiger partial charge in [-0.25, -0.2) is 0 Å². The van der Waals surface area contributed by atoms with Crippen LogP contribution in [0.2, 0.25) is 0 Å². The minimum atomic E-state index is -1.39. The van der Waals surface area contributed by atoms with E-state index in [1.54, 1.807) is 24.3 Å². The first-order valence-electron chi connectivity index (χ1n) is 8.18. The molecule has 0 aromatic heterocycles. The van der Waals surface area contributed by atoms with Gasteiger partial charge in [0.2, 0.25) is 18.4 Å². The Bertz CT molecular complexity index is 729. The number of amides is 1. The average molecular weight is 379 g/mol. The fourth-order valence-electron chi connectivity index (χ4n) is 2.76. The highest BCUT2D eigenvalue weighted by Gasteiger charge is 2.54. The van der Waals surface area contributed by atoms with Gasteiger partial charge >= 0.3 is 17.9 Å². The minimum absolute atomic E-state index is 0.0519. The SMILES string of the molecule is COc1ccc(CN2C(=O)[C@H](OC(C)=O)[C@@H](OC(C)=O)C2OC(C)=O)cc1. The van der Waals surface area contributed by atoms with Crippen LogP contribution < -0.4 is 4.74 Å². The third kappa shape index (κ3) is 4.96. The lowest BCUT2D eigenvalue weighted by Crippen LogP contribution is -2.42. The molecule has 1 saturated heterocycles. The van der Waals surface area contributed by atoms with Gasteiger partial charge in [0.25, 0.3) is 5.91 Å². The van der Waals surface area contributed by atoms with Crippen molar-refractivity contribution in [3.63, 3.8) is 0 Å². The van der Waals surface area contributed by atoms with Gasteiger partial charge in [-0.1, -0.05) is 12.1 Å². The van der Waals surface area contributed by atoms with E-state index in [1.807, 2.05) is 0 Å². The number of nitrogens with zero attached hydrogens (tertiary/aromatic N) is 1. The normalized spacial score (nSPS) is 21.6. The number of rotatable bonds is 6. The molecule has 27 heavy (non-hydrogen) atoms. The van der Waals surface area contributed by atoms with Crippen molar-refractivity contribution in [3.05, 3.63) is 29.8 Å². The molecular weight excluding hydrogens is 358 g/mol. The first kappa shape index (κ1) is 20.2. The van der Waals surface area contributed by atoms with Gasteiger partial charge in [-0.05, 0) is 17.7 Å². The summed E-state index contributed by atoms with van der Waals surface area (Å²) in [6.07, 6.45) is -3.87. The van der Waals surface area contributed by atoms with Gasteiger partial charge in [-0.3, -0.25) is 24.1 Å². The van der Waals surface area contributed by atoms with Crippen molar-refractivity contribution in [2.24, 2.45) is 0 Å². The van der Waals surface area contributed by atoms with Crippen LogP contribution in [0.25, 0.3) is 0 Å². The maximum absolute atomic E-state index is 12.8. The Balaban J connectivity index is 2.34. The number of hydrogen-bond acceptors (Lipinski definition) is 8. The molecule has 1 aliphatic heterocycles. The van der Waals surface area contributed by atoms with Crippen LogP contribution in [0.4, 0.5) is 0 Å². The molecule has 0 radical (unpaired) electrons. The van der Waals surface area contributed by atoms with E-state index in [4.69, 9.17) is 18.9 Å². The lowest BCUT2D eigenvalue weighted by molar-refractivity contribution is -0.180. The number of benzene rings is 1. The van der Waals surface area contributed by atoms with E-state index >= 15 is 0 Å². The van der Waals surface area contributed by atoms with Gasteiger partial charge < -0.3 is 18.9 Å². The average Bonchev–Trinajstić information content (AvgIpc) is 2.80. The molecule has 0 bridgehead atoms. The van der Waals surface area contributed by atoms with Crippen molar-refractivity contribution in [3.8, 4) is 5.75 Å². The van der Waals surface area contributed by atoms with Crippen LogP contribution in [0.3, 0.4) is 0 Å². The third-order valence-electron chi connectivity index (χ3n) is 3.81. The number of esters is 3. The highest BCUT2D eigenvalue weighted by Crippen LogP contribution is 2.29. The van der Waals surface area contributed by atoms with Crippen LogP contribution in [0, 0.1) is 0 Å². The third-order valence-corrected chi connectivity index (χ3v) is 3.81. The Morgan fingerprint density at radius 3 is 1.96 bits per heavy atom. The summed E-state index contributed by atoms with van der Waals surface area (Å²) in [5.41, 5.74) is 0.714. The highest BCUT2D eigenvalue weighted by atomic mass is 16.6. The molecule has 3 atom stereocenters. The molecule has 1 unspecified atom stereocenters. The van der Waals surface area contributed by atoms with Crippen LogP contribution in [-0.2, 0) is 39.9 Å². The Morgan fingerprint density at radius 2 is 1.48 bits per heavy atom. The van der Waals surface area contributed by atoms with Gasteiger partial charge in [0, 0.05) is 27.3 Å². The summed E-state index contributed by atoms with van der Waals surface area (Å²) in [6.45, 7) is 3.49. The van der Waals surface area contributed by atoms with Crippen molar-refractivity contribution < 1.29 is 38.1 Å². The Kier molecular flexibility index (Phi) is 6.38. The van der Waals surface area contributed by atoms with Crippen LogP contribution >= 0.6 is 0 Å². The van der Waals surface area contributed by atoms with Crippen molar-refractivity contribution in [2.75, 3.05) is 7.11 Å². The second-order valence-electron chi connectivity index (χ2n) is 5.92. The van der Waals surface area contributed by atoms with Crippen molar-refractivity contribution in [2.45, 2.75) is 45.8 Å². The molecule has 1 fully saturated rings. The first-order valence-corrected chi connectivity index (χ1v) is 8.18. The second kappa shape index (κ2) is 8.52. The number of methoxy groups -OCH3 is 1. The number of hydrogen-bond donors (Lipinski definition) is 0. The summed E-state index contributed by atoms with van der Waals surface area (Å²) in [5.74, 6) is -2.09. The van der Waals surface area contributed by atoms with Crippen molar-refractivity contribution in [1.29, 1.82) is 0 Å². The maximum atomic E-state index is 12.8. The predicted octanol–water partition coefficient (Wildman–Crippen LogP) is 0.790. The molecule has 1 heterocycles. The van der Waals surface area contributed by atoms with Gasteiger partial charge in [0.15, 0.2) is 0 Å². The van der Waals surface area contributed by atoms with E-state index in [2.05, 4.69) is 0 Å². The van der Waals surface area contributed by atoms with Gasteiger partial charge in [0.05, 0.1) is 7.11 Å². The molecule has 2 rings (SSSR count). The van der Waals surface area contributed by atoms with E-state index in [-0.39, 0.29) is 6.54 Å². The van der Waals surface area contributed by atoms with Crippen LogP contribution in [0.15, 0.2) is 24.3 Å². The summed E-state index contributed by atoms with van der Waals surface area (Å²) in [5, 5.41) is 0. The number of ether oxygens (including phenoxy) is 4. The molecule has 1 aliphatic rings. The Hall–Kier alpha value is -3.10. The summed E-state index contributed by atoms with van der Waals surface area (Å²) >= 11 is 0. The van der Waals surface area contributed by atoms with Crippen LogP contribution in [0.5, 0.6) is 5.75 Å². The molecule has 1 aromatic carbocycles. The summed E-state index contributed by atoms with van der Waals surface area (Å²) in [7, 11) is 1.53. The lowest BCUT2D eigenvalue weighted by atomic mass is 10.2. The predicted molar refractivity (Wildman–Crippen MR) is 90.2 cm³/mol. The molecule has 0 N–H and O–H groups in total. The van der Waals surface area contributed by atoms with E-state index in [1.165, 1.54) is 18.9 Å². The first-order chi connectivity index (χ1) is 12.7. The summed E-state index contributed by atoms with van der Waals surface area (Å²) in [6, 6.07) is 6.89. The molecule has 0 saturated carbocycles. The molecule has 9 nitrogen and oxygen atoms in total. The number of carbonyl (C=O) groups excluding carboxylic acids is 4. The van der Waals surface area contributed by atoms with Gasteiger partial charge in [-0.2, -0.15) is 0 Å². The summed E-state index contributed by atoms with van der Waals surface area (Å²) in [4.78, 5) is 48.4.